The van der Waals surface area contributed by atoms with Gasteiger partial charge in [-0.1, -0.05) is 13.8 Å². The van der Waals surface area contributed by atoms with Crippen molar-refractivity contribution in [1.82, 2.24) is 0 Å². The molecule has 0 amide bonds. The van der Waals surface area contributed by atoms with Crippen LogP contribution in [0, 0.1) is 16.7 Å². The number of hydrogen-bond donors (Lipinski definition) is 1. The van der Waals surface area contributed by atoms with E-state index >= 15 is 0 Å². The molecule has 3 unspecified atom stereocenters. The van der Waals surface area contributed by atoms with Crippen LogP contribution in [-0.4, -0.2) is 23.9 Å². The highest BCUT2D eigenvalue weighted by Crippen LogP contribution is 2.74. The predicted molar refractivity (Wildman–Crippen MR) is 56.0 cm³/mol. The lowest BCUT2D eigenvalue weighted by atomic mass is 9.82. The molecule has 2 nitrogen and oxygen atoms in total. The van der Waals surface area contributed by atoms with E-state index in [0.29, 0.717) is 35.6 Å². The summed E-state index contributed by atoms with van der Waals surface area (Å²) < 4.78 is 5.77. The molecular formula is C12H22O2. The van der Waals surface area contributed by atoms with Crippen LogP contribution in [0.25, 0.3) is 0 Å². The Labute approximate surface area is 86.6 Å². The van der Waals surface area contributed by atoms with Crippen LogP contribution in [0.3, 0.4) is 0 Å². The summed E-state index contributed by atoms with van der Waals surface area (Å²) in [5.74, 6) is 0.490. The fraction of sp³-hybridized carbons (Fsp3) is 1.00. The molecule has 0 aromatic carbocycles. The molecule has 1 spiro atoms. The molecule has 1 N–H and O–H groups in total. The number of aliphatic hydroxyl groups is 1. The van der Waals surface area contributed by atoms with Gasteiger partial charge in [0.05, 0.1) is 12.2 Å². The number of hydrogen-bond acceptors (Lipinski definition) is 2. The fourth-order valence-electron chi connectivity index (χ4n) is 3.88. The van der Waals surface area contributed by atoms with Crippen molar-refractivity contribution in [2.75, 3.05) is 6.61 Å². The van der Waals surface area contributed by atoms with Crippen LogP contribution in [0.1, 0.15) is 40.5 Å². The second-order valence-electron chi connectivity index (χ2n) is 5.78. The first-order valence-corrected chi connectivity index (χ1v) is 5.70. The average molecular weight is 198 g/mol. The Kier molecular flexibility index (Phi) is 2.20. The van der Waals surface area contributed by atoms with Gasteiger partial charge in [-0.3, -0.25) is 0 Å². The zero-order valence-corrected chi connectivity index (χ0v) is 9.71. The molecule has 1 aliphatic carbocycles. The van der Waals surface area contributed by atoms with Gasteiger partial charge in [0.1, 0.15) is 0 Å². The highest BCUT2D eigenvalue weighted by Gasteiger charge is 2.71. The van der Waals surface area contributed by atoms with E-state index in [4.69, 9.17) is 4.74 Å². The third-order valence-corrected chi connectivity index (χ3v) is 4.69. The Bertz CT molecular complexity index is 224. The highest BCUT2D eigenvalue weighted by atomic mass is 16.5. The Morgan fingerprint density at radius 3 is 2.07 bits per heavy atom. The van der Waals surface area contributed by atoms with Crippen molar-refractivity contribution in [1.29, 1.82) is 0 Å². The summed E-state index contributed by atoms with van der Waals surface area (Å²) >= 11 is 0. The van der Waals surface area contributed by atoms with Crippen molar-refractivity contribution in [3.63, 3.8) is 0 Å². The molecule has 0 aromatic rings. The summed E-state index contributed by atoms with van der Waals surface area (Å²) in [5.41, 5.74) is 0.673. The van der Waals surface area contributed by atoms with Crippen molar-refractivity contribution in [3.8, 4) is 0 Å². The molecule has 82 valence electrons. The van der Waals surface area contributed by atoms with Gasteiger partial charge in [-0.15, -0.1) is 0 Å². The molecule has 3 atom stereocenters. The Morgan fingerprint density at radius 2 is 1.71 bits per heavy atom. The first-order valence-electron chi connectivity index (χ1n) is 5.70. The van der Waals surface area contributed by atoms with Crippen molar-refractivity contribution in [2.24, 2.45) is 16.7 Å². The van der Waals surface area contributed by atoms with E-state index in [9.17, 15) is 5.11 Å². The number of ether oxygens (including phenoxy) is 1. The Hall–Kier alpha value is -0.0800. The van der Waals surface area contributed by atoms with Crippen LogP contribution in [0.4, 0.5) is 0 Å². The summed E-state index contributed by atoms with van der Waals surface area (Å²) in [6.45, 7) is 9.23. The maximum atomic E-state index is 9.39. The van der Waals surface area contributed by atoms with E-state index in [-0.39, 0.29) is 0 Å². The molecule has 2 fully saturated rings. The predicted octanol–water partition coefficient (Wildman–Crippen LogP) is 2.21. The van der Waals surface area contributed by atoms with E-state index in [0.717, 1.165) is 12.8 Å². The SMILES string of the molecule is CC1CC2(CC(C)O1)C(CO)C2(C)C. The van der Waals surface area contributed by atoms with Gasteiger partial charge in [0, 0.05) is 6.61 Å². The van der Waals surface area contributed by atoms with E-state index in [1.54, 1.807) is 0 Å². The zero-order valence-electron chi connectivity index (χ0n) is 9.71. The minimum Gasteiger partial charge on any atom is -0.396 e. The van der Waals surface area contributed by atoms with Gasteiger partial charge in [-0.25, -0.2) is 0 Å². The molecular weight excluding hydrogens is 176 g/mol. The maximum absolute atomic E-state index is 9.39. The summed E-state index contributed by atoms with van der Waals surface area (Å²) in [5, 5.41) is 9.39. The molecule has 2 aliphatic rings. The molecule has 1 saturated heterocycles. The average Bonchev–Trinajstić information content (AvgIpc) is 2.43. The van der Waals surface area contributed by atoms with Crippen LogP contribution >= 0.6 is 0 Å². The molecule has 1 saturated carbocycles. The molecule has 2 heteroatoms. The van der Waals surface area contributed by atoms with Gasteiger partial charge in [-0.05, 0) is 43.4 Å². The number of aliphatic hydroxyl groups excluding tert-OH is 1. The second kappa shape index (κ2) is 2.96. The molecule has 0 aromatic heterocycles. The maximum Gasteiger partial charge on any atom is 0.0556 e. The standard InChI is InChI=1S/C12H22O2/c1-8-5-12(6-9(2)14-8)10(7-13)11(12,3)4/h8-10,13H,5-7H2,1-4H3. The Balaban J connectivity index is 2.17. The molecule has 0 bridgehead atoms. The molecule has 14 heavy (non-hydrogen) atoms. The number of rotatable bonds is 1. The topological polar surface area (TPSA) is 29.5 Å². The normalized spacial score (nSPS) is 50.8. The third-order valence-electron chi connectivity index (χ3n) is 4.69. The molecule has 1 aliphatic heterocycles. The van der Waals surface area contributed by atoms with Crippen molar-refractivity contribution in [3.05, 3.63) is 0 Å². The lowest BCUT2D eigenvalue weighted by Gasteiger charge is -2.35. The monoisotopic (exact) mass is 198 g/mol. The van der Waals surface area contributed by atoms with Gasteiger partial charge in [0.25, 0.3) is 0 Å². The Morgan fingerprint density at radius 1 is 1.21 bits per heavy atom. The highest BCUT2D eigenvalue weighted by molar-refractivity contribution is 5.18. The van der Waals surface area contributed by atoms with Crippen LogP contribution in [0.5, 0.6) is 0 Å². The molecule has 0 radical (unpaired) electrons. The lowest BCUT2D eigenvalue weighted by molar-refractivity contribution is -0.0703. The van der Waals surface area contributed by atoms with E-state index < -0.39 is 0 Å². The first-order chi connectivity index (χ1) is 6.44. The first kappa shape index (κ1) is 10.4. The quantitative estimate of drug-likeness (QED) is 0.700. The lowest BCUT2D eigenvalue weighted by Crippen LogP contribution is -2.33. The van der Waals surface area contributed by atoms with Crippen molar-refractivity contribution >= 4 is 0 Å². The van der Waals surface area contributed by atoms with Crippen LogP contribution in [-0.2, 0) is 4.74 Å². The van der Waals surface area contributed by atoms with Gasteiger partial charge in [0.2, 0.25) is 0 Å². The summed E-state index contributed by atoms with van der Waals surface area (Å²) in [6.07, 6.45) is 2.95. The van der Waals surface area contributed by atoms with Gasteiger partial charge in [0.15, 0.2) is 0 Å². The second-order valence-corrected chi connectivity index (χ2v) is 5.78. The van der Waals surface area contributed by atoms with E-state index in [1.807, 2.05) is 0 Å². The minimum atomic E-state index is 0.314. The van der Waals surface area contributed by atoms with Crippen molar-refractivity contribution in [2.45, 2.75) is 52.7 Å². The van der Waals surface area contributed by atoms with E-state index in [2.05, 4.69) is 27.7 Å². The third kappa shape index (κ3) is 1.17. The van der Waals surface area contributed by atoms with Crippen LogP contribution < -0.4 is 0 Å². The van der Waals surface area contributed by atoms with Crippen molar-refractivity contribution < 1.29 is 9.84 Å². The fourth-order valence-corrected chi connectivity index (χ4v) is 3.88. The summed E-state index contributed by atoms with van der Waals surface area (Å²) in [6, 6.07) is 0. The molecule has 1 heterocycles. The van der Waals surface area contributed by atoms with E-state index in [1.165, 1.54) is 0 Å². The summed E-state index contributed by atoms with van der Waals surface area (Å²) in [4.78, 5) is 0. The van der Waals surface area contributed by atoms with Gasteiger partial charge < -0.3 is 9.84 Å². The summed E-state index contributed by atoms with van der Waals surface area (Å²) in [7, 11) is 0. The van der Waals surface area contributed by atoms with Gasteiger partial charge in [-0.2, -0.15) is 0 Å². The zero-order chi connectivity index (χ0) is 10.6. The van der Waals surface area contributed by atoms with Gasteiger partial charge >= 0.3 is 0 Å². The van der Waals surface area contributed by atoms with Crippen LogP contribution in [0.2, 0.25) is 0 Å². The largest absolute Gasteiger partial charge is 0.396 e. The molecule has 2 rings (SSSR count). The smallest absolute Gasteiger partial charge is 0.0556 e. The van der Waals surface area contributed by atoms with Crippen LogP contribution in [0.15, 0.2) is 0 Å². The minimum absolute atomic E-state index is 0.314.